The summed E-state index contributed by atoms with van der Waals surface area (Å²) in [6.07, 6.45) is 0.624. The monoisotopic (exact) mass is 269 g/mol. The van der Waals surface area contributed by atoms with Crippen LogP contribution in [0.25, 0.3) is 0 Å². The maximum absolute atomic E-state index is 12.9. The maximum atomic E-state index is 12.9. The number of benzene rings is 1. The van der Waals surface area contributed by atoms with Crippen LogP contribution in [-0.4, -0.2) is 0 Å². The maximum Gasteiger partial charge on any atom is 0.124 e. The lowest BCUT2D eigenvalue weighted by atomic mass is 10.1. The Morgan fingerprint density at radius 1 is 1.35 bits per heavy atom. The molecule has 0 spiro atoms. The lowest BCUT2D eigenvalue weighted by Crippen LogP contribution is -2.12. The molecule has 0 radical (unpaired) electrons. The summed E-state index contributed by atoms with van der Waals surface area (Å²) in [7, 11) is 0. The van der Waals surface area contributed by atoms with Crippen LogP contribution in [0.2, 0.25) is 5.02 Å². The zero-order valence-electron chi connectivity index (χ0n) is 9.41. The fourth-order valence-electron chi connectivity index (χ4n) is 1.68. The molecule has 0 saturated heterocycles. The van der Waals surface area contributed by atoms with Crippen LogP contribution < -0.4 is 5.73 Å². The summed E-state index contributed by atoms with van der Waals surface area (Å²) in [6, 6.07) is 8.42. The Balaban J connectivity index is 2.15. The third-order valence-electron chi connectivity index (χ3n) is 2.58. The van der Waals surface area contributed by atoms with E-state index in [1.165, 1.54) is 17.0 Å². The Kier molecular flexibility index (Phi) is 3.82. The first-order chi connectivity index (χ1) is 8.06. The van der Waals surface area contributed by atoms with Gasteiger partial charge < -0.3 is 5.73 Å². The molecule has 2 rings (SSSR count). The van der Waals surface area contributed by atoms with Crippen LogP contribution in [0.15, 0.2) is 30.3 Å². The Labute approximate surface area is 109 Å². The van der Waals surface area contributed by atoms with Crippen molar-refractivity contribution in [3.63, 3.8) is 0 Å². The molecule has 2 aromatic rings. The first-order valence-corrected chi connectivity index (χ1v) is 6.51. The van der Waals surface area contributed by atoms with Crippen molar-refractivity contribution in [3.05, 3.63) is 56.5 Å². The van der Waals surface area contributed by atoms with Crippen LogP contribution in [0.4, 0.5) is 4.39 Å². The molecular weight excluding hydrogens is 257 g/mol. The normalized spacial score (nSPS) is 12.7. The van der Waals surface area contributed by atoms with Crippen LogP contribution in [0, 0.1) is 12.7 Å². The molecule has 1 unspecified atom stereocenters. The Morgan fingerprint density at radius 2 is 2.12 bits per heavy atom. The van der Waals surface area contributed by atoms with Gasteiger partial charge in [0, 0.05) is 20.8 Å². The highest BCUT2D eigenvalue weighted by Crippen LogP contribution is 2.26. The van der Waals surface area contributed by atoms with E-state index < -0.39 is 0 Å². The molecule has 1 aromatic carbocycles. The summed E-state index contributed by atoms with van der Waals surface area (Å²) in [6.45, 7) is 2.05. The van der Waals surface area contributed by atoms with E-state index in [2.05, 4.69) is 0 Å². The van der Waals surface area contributed by atoms with Crippen molar-refractivity contribution in [1.82, 2.24) is 0 Å². The van der Waals surface area contributed by atoms with E-state index in [4.69, 9.17) is 17.3 Å². The molecule has 0 amide bonds. The van der Waals surface area contributed by atoms with Crippen molar-refractivity contribution < 1.29 is 4.39 Å². The Morgan fingerprint density at radius 3 is 2.71 bits per heavy atom. The quantitative estimate of drug-likeness (QED) is 0.892. The number of rotatable bonds is 3. The van der Waals surface area contributed by atoms with Crippen LogP contribution in [-0.2, 0) is 6.42 Å². The van der Waals surface area contributed by atoms with E-state index in [0.29, 0.717) is 11.4 Å². The van der Waals surface area contributed by atoms with Gasteiger partial charge >= 0.3 is 0 Å². The minimum absolute atomic E-state index is 0.0864. The summed E-state index contributed by atoms with van der Waals surface area (Å²) >= 11 is 7.66. The highest BCUT2D eigenvalue weighted by molar-refractivity contribution is 7.12. The topological polar surface area (TPSA) is 26.0 Å². The van der Waals surface area contributed by atoms with E-state index in [0.717, 1.165) is 10.4 Å². The van der Waals surface area contributed by atoms with Gasteiger partial charge in [0.25, 0.3) is 0 Å². The predicted octanol–water partition coefficient (Wildman–Crippen LogP) is 4.09. The number of thiophene rings is 1. The molecule has 4 heteroatoms. The highest BCUT2D eigenvalue weighted by Gasteiger charge is 2.11. The fourth-order valence-corrected chi connectivity index (χ4v) is 2.80. The summed E-state index contributed by atoms with van der Waals surface area (Å²) in [5.74, 6) is -0.320. The molecule has 0 bridgehead atoms. The summed E-state index contributed by atoms with van der Waals surface area (Å²) in [5.41, 5.74) is 6.99. The molecule has 1 heterocycles. The molecule has 1 atom stereocenters. The van der Waals surface area contributed by atoms with Gasteiger partial charge in [0.15, 0.2) is 0 Å². The molecule has 1 nitrogen and oxygen atoms in total. The number of halogens is 2. The number of hydrogen-bond donors (Lipinski definition) is 1. The second-order valence-corrected chi connectivity index (χ2v) is 5.72. The standard InChI is InChI=1S/C13H13ClFNS/c1-8-2-5-13(17-8)12(16)6-9-3-4-10(15)7-11(9)14/h2-5,7,12H,6,16H2,1H3. The van der Waals surface area contributed by atoms with Gasteiger partial charge in [-0.2, -0.15) is 0 Å². The number of hydrogen-bond acceptors (Lipinski definition) is 2. The molecule has 0 aliphatic rings. The minimum atomic E-state index is -0.320. The van der Waals surface area contributed by atoms with Crippen molar-refractivity contribution in [3.8, 4) is 0 Å². The van der Waals surface area contributed by atoms with Crippen molar-refractivity contribution in [2.75, 3.05) is 0 Å². The number of nitrogens with two attached hydrogens (primary N) is 1. The molecule has 2 N–H and O–H groups in total. The van der Waals surface area contributed by atoms with Crippen LogP contribution in [0.5, 0.6) is 0 Å². The summed E-state index contributed by atoms with van der Waals surface area (Å²) in [5, 5.41) is 0.439. The third kappa shape index (κ3) is 3.06. The zero-order chi connectivity index (χ0) is 12.4. The van der Waals surface area contributed by atoms with E-state index in [-0.39, 0.29) is 11.9 Å². The average molecular weight is 270 g/mol. The lowest BCUT2D eigenvalue weighted by molar-refractivity contribution is 0.626. The van der Waals surface area contributed by atoms with Crippen LogP contribution in [0.1, 0.15) is 21.4 Å². The van der Waals surface area contributed by atoms with Gasteiger partial charge in [-0.25, -0.2) is 4.39 Å². The van der Waals surface area contributed by atoms with Gasteiger partial charge in [0.2, 0.25) is 0 Å². The van der Waals surface area contributed by atoms with Crippen LogP contribution >= 0.6 is 22.9 Å². The Bertz CT molecular complexity index is 524. The summed E-state index contributed by atoms with van der Waals surface area (Å²) in [4.78, 5) is 2.36. The van der Waals surface area contributed by atoms with Gasteiger partial charge in [-0.1, -0.05) is 17.7 Å². The first-order valence-electron chi connectivity index (χ1n) is 5.32. The zero-order valence-corrected chi connectivity index (χ0v) is 11.0. The largest absolute Gasteiger partial charge is 0.323 e. The SMILES string of the molecule is Cc1ccc(C(N)Cc2ccc(F)cc2Cl)s1. The second kappa shape index (κ2) is 5.17. The molecule has 0 saturated carbocycles. The van der Waals surface area contributed by atoms with Gasteiger partial charge in [0.05, 0.1) is 0 Å². The van der Waals surface area contributed by atoms with E-state index in [1.54, 1.807) is 17.4 Å². The van der Waals surface area contributed by atoms with Gasteiger partial charge in [-0.3, -0.25) is 0 Å². The highest BCUT2D eigenvalue weighted by atomic mass is 35.5. The molecular formula is C13H13ClFNS. The first kappa shape index (κ1) is 12.6. The molecule has 0 aliphatic heterocycles. The van der Waals surface area contributed by atoms with Gasteiger partial charge in [-0.05, 0) is 43.2 Å². The third-order valence-corrected chi connectivity index (χ3v) is 4.07. The smallest absolute Gasteiger partial charge is 0.124 e. The Hall–Kier alpha value is -0.900. The molecule has 17 heavy (non-hydrogen) atoms. The molecule has 0 fully saturated rings. The number of aryl methyl sites for hydroxylation is 1. The minimum Gasteiger partial charge on any atom is -0.323 e. The van der Waals surface area contributed by atoms with Crippen LogP contribution in [0.3, 0.4) is 0 Å². The van der Waals surface area contributed by atoms with E-state index >= 15 is 0 Å². The average Bonchev–Trinajstić information content (AvgIpc) is 2.69. The van der Waals surface area contributed by atoms with Gasteiger partial charge in [0.1, 0.15) is 5.82 Å². The summed E-state index contributed by atoms with van der Waals surface area (Å²) < 4.78 is 12.9. The fraction of sp³-hybridized carbons (Fsp3) is 0.231. The van der Waals surface area contributed by atoms with Gasteiger partial charge in [-0.15, -0.1) is 11.3 Å². The van der Waals surface area contributed by atoms with E-state index in [1.807, 2.05) is 19.1 Å². The van der Waals surface area contributed by atoms with Crippen molar-refractivity contribution in [2.24, 2.45) is 5.73 Å². The van der Waals surface area contributed by atoms with Crippen molar-refractivity contribution in [2.45, 2.75) is 19.4 Å². The predicted molar refractivity (Wildman–Crippen MR) is 71.1 cm³/mol. The van der Waals surface area contributed by atoms with Crippen molar-refractivity contribution >= 4 is 22.9 Å². The molecule has 0 aliphatic carbocycles. The van der Waals surface area contributed by atoms with E-state index in [9.17, 15) is 4.39 Å². The molecule has 90 valence electrons. The molecule has 1 aromatic heterocycles. The van der Waals surface area contributed by atoms with Crippen molar-refractivity contribution in [1.29, 1.82) is 0 Å². The lowest BCUT2D eigenvalue weighted by Gasteiger charge is -2.11. The second-order valence-electron chi connectivity index (χ2n) is 3.99.